The summed E-state index contributed by atoms with van der Waals surface area (Å²) < 4.78 is 21.4. The van der Waals surface area contributed by atoms with Crippen LogP contribution < -0.4 is 21.7 Å². The van der Waals surface area contributed by atoms with Gasteiger partial charge in [-0.05, 0) is 114 Å². The Morgan fingerprint density at radius 1 is 0.561 bits per heavy atom. The van der Waals surface area contributed by atoms with Gasteiger partial charge in [-0.2, -0.15) is 0 Å². The van der Waals surface area contributed by atoms with E-state index in [1.54, 1.807) is 9.80 Å². The fourth-order valence-electron chi connectivity index (χ4n) is 7.59. The van der Waals surface area contributed by atoms with E-state index in [9.17, 15) is 19.2 Å². The molecule has 0 bridgehead atoms. The van der Waals surface area contributed by atoms with Gasteiger partial charge in [-0.15, -0.1) is 0 Å². The van der Waals surface area contributed by atoms with Crippen molar-refractivity contribution in [2.75, 3.05) is 39.3 Å². The summed E-state index contributed by atoms with van der Waals surface area (Å²) in [4.78, 5) is 50.7. The second kappa shape index (κ2) is 24.3. The topological polar surface area (TPSA) is 174 Å². The van der Waals surface area contributed by atoms with Gasteiger partial charge in [-0.1, -0.05) is 60.7 Å². The fourth-order valence-corrected chi connectivity index (χ4v) is 7.59. The Balaban J connectivity index is 0.000000170. The average molecular weight is 793 g/mol. The molecule has 3 saturated heterocycles. The van der Waals surface area contributed by atoms with Crippen molar-refractivity contribution in [2.24, 2.45) is 5.73 Å². The van der Waals surface area contributed by atoms with E-state index in [-0.39, 0.29) is 55.3 Å². The van der Waals surface area contributed by atoms with Crippen LogP contribution >= 0.6 is 0 Å². The fraction of sp³-hybridized carbons (Fsp3) is 0.628. The van der Waals surface area contributed by atoms with Crippen molar-refractivity contribution in [3.8, 4) is 0 Å². The van der Waals surface area contributed by atoms with Crippen LogP contribution in [-0.4, -0.2) is 104 Å². The highest BCUT2D eigenvalue weighted by molar-refractivity contribution is 5.69. The maximum atomic E-state index is 12.1. The number of amides is 4. The zero-order valence-corrected chi connectivity index (χ0v) is 33.5. The van der Waals surface area contributed by atoms with E-state index < -0.39 is 0 Å². The molecule has 4 amide bonds. The van der Waals surface area contributed by atoms with Crippen molar-refractivity contribution < 1.29 is 38.1 Å². The van der Waals surface area contributed by atoms with E-state index >= 15 is 0 Å². The van der Waals surface area contributed by atoms with E-state index in [0.29, 0.717) is 38.8 Å². The molecule has 0 atom stereocenters. The van der Waals surface area contributed by atoms with Crippen LogP contribution in [0.5, 0.6) is 0 Å². The summed E-state index contributed by atoms with van der Waals surface area (Å²) in [5.74, 6) is 0. The number of carbonyl (C=O) groups is 4. The van der Waals surface area contributed by atoms with Gasteiger partial charge in [0, 0.05) is 44.3 Å². The Morgan fingerprint density at radius 2 is 0.947 bits per heavy atom. The van der Waals surface area contributed by atoms with Crippen LogP contribution in [0.4, 0.5) is 19.2 Å². The molecule has 2 aliphatic carbocycles. The minimum Gasteiger partial charge on any atom is -0.446 e. The highest BCUT2D eigenvalue weighted by Gasteiger charge is 2.27. The molecule has 3 heterocycles. The molecule has 0 unspecified atom stereocenters. The Morgan fingerprint density at radius 3 is 1.37 bits per heavy atom. The van der Waals surface area contributed by atoms with Gasteiger partial charge in [0.1, 0.15) is 25.4 Å². The van der Waals surface area contributed by atoms with Gasteiger partial charge in [0.25, 0.3) is 0 Å². The summed E-state index contributed by atoms with van der Waals surface area (Å²) in [6.45, 7) is 5.18. The molecule has 2 aromatic carbocycles. The second-order valence-corrected chi connectivity index (χ2v) is 15.6. The van der Waals surface area contributed by atoms with Crippen molar-refractivity contribution in [1.82, 2.24) is 25.8 Å². The van der Waals surface area contributed by atoms with Crippen LogP contribution in [0.2, 0.25) is 0 Å². The summed E-state index contributed by atoms with van der Waals surface area (Å²) in [5, 5.41) is 9.14. The highest BCUT2D eigenvalue weighted by Crippen LogP contribution is 2.22. The second-order valence-electron chi connectivity index (χ2n) is 15.6. The molecule has 57 heavy (non-hydrogen) atoms. The number of rotatable bonds is 8. The molecule has 2 saturated carbocycles. The first kappa shape index (κ1) is 43.6. The van der Waals surface area contributed by atoms with E-state index in [4.69, 9.17) is 24.7 Å². The Labute approximate surface area is 337 Å². The number of benzene rings is 2. The third-order valence-corrected chi connectivity index (χ3v) is 11.1. The lowest BCUT2D eigenvalue weighted by molar-refractivity contribution is 0.0788. The normalized spacial score (nSPS) is 19.6. The number of nitrogens with zero attached hydrogens (tertiary/aromatic N) is 2. The van der Waals surface area contributed by atoms with Gasteiger partial charge in [0.15, 0.2) is 0 Å². The summed E-state index contributed by atoms with van der Waals surface area (Å²) in [7, 11) is 0. The smallest absolute Gasteiger partial charge is 0.410 e. The van der Waals surface area contributed by atoms with Gasteiger partial charge in [-0.25, -0.2) is 19.2 Å². The Hall–Kier alpha value is -4.56. The van der Waals surface area contributed by atoms with Crippen LogP contribution in [0.25, 0.3) is 0 Å². The van der Waals surface area contributed by atoms with Crippen molar-refractivity contribution in [3.63, 3.8) is 0 Å². The number of hydrogen-bond donors (Lipinski definition) is 4. The molecule has 7 rings (SSSR count). The lowest BCUT2D eigenvalue weighted by Gasteiger charge is -2.31. The first-order chi connectivity index (χ1) is 27.8. The molecule has 5 fully saturated rings. The SMILES string of the molecule is NC1CCN(C(=O)OCc2ccccc2)CC1.O=C(NC1CCN(C(=O)OCc2ccccc2)CC1)OC1CCCC1.O=C(NC1CCNCC1)OC1CCCC1. The molecule has 14 nitrogen and oxygen atoms in total. The van der Waals surface area contributed by atoms with Gasteiger partial charge in [0.2, 0.25) is 0 Å². The molecule has 2 aromatic rings. The van der Waals surface area contributed by atoms with Gasteiger partial charge < -0.3 is 50.4 Å². The number of hydrogen-bond acceptors (Lipinski definition) is 10. The third kappa shape index (κ3) is 16.4. The van der Waals surface area contributed by atoms with Crippen molar-refractivity contribution in [3.05, 3.63) is 71.8 Å². The van der Waals surface area contributed by atoms with E-state index in [1.807, 2.05) is 60.7 Å². The van der Waals surface area contributed by atoms with Crippen molar-refractivity contribution >= 4 is 24.4 Å². The van der Waals surface area contributed by atoms with Gasteiger partial charge in [0.05, 0.1) is 0 Å². The third-order valence-electron chi connectivity index (χ3n) is 11.1. The average Bonchev–Trinajstić information content (AvgIpc) is 3.96. The summed E-state index contributed by atoms with van der Waals surface area (Å²) >= 11 is 0. The molecule has 14 heteroatoms. The number of nitrogens with one attached hydrogen (secondary N) is 3. The number of piperidine rings is 3. The first-order valence-electron chi connectivity index (χ1n) is 21.1. The number of carbonyl (C=O) groups excluding carboxylic acids is 4. The minimum atomic E-state index is -0.322. The van der Waals surface area contributed by atoms with Gasteiger partial charge in [-0.3, -0.25) is 0 Å². The van der Waals surface area contributed by atoms with Crippen LogP contribution in [0.3, 0.4) is 0 Å². The Bertz CT molecular complexity index is 1470. The number of ether oxygens (including phenoxy) is 4. The molecular formula is C43H64N6O8. The minimum absolute atomic E-state index is 0.0621. The zero-order chi connectivity index (χ0) is 40.1. The lowest BCUT2D eigenvalue weighted by atomic mass is 10.1. The van der Waals surface area contributed by atoms with Crippen LogP contribution in [0.15, 0.2) is 60.7 Å². The van der Waals surface area contributed by atoms with Crippen molar-refractivity contribution in [2.45, 2.75) is 133 Å². The standard InChI is InChI=1S/C19H26N2O4.C13H18N2O2.C11H20N2O2/c22-18(25-17-8-4-5-9-17)20-16-10-12-21(13-11-16)19(23)24-14-15-6-2-1-3-7-15;14-12-6-8-15(9-7-12)13(16)17-10-11-4-2-1-3-5-11;14-11(15-10-3-1-2-4-10)13-9-5-7-12-8-6-9/h1-3,6-7,16-17H,4-5,8-14H2,(H,20,22);1-5,12H,6-10,14H2;9-10,12H,1-8H2,(H,13,14). The molecule has 0 radical (unpaired) electrons. The van der Waals surface area contributed by atoms with Crippen molar-refractivity contribution in [1.29, 1.82) is 0 Å². The van der Waals surface area contributed by atoms with Crippen LogP contribution in [-0.2, 0) is 32.2 Å². The lowest BCUT2D eigenvalue weighted by Crippen LogP contribution is -2.47. The first-order valence-corrected chi connectivity index (χ1v) is 21.1. The summed E-state index contributed by atoms with van der Waals surface area (Å²) in [6.07, 6.45) is 13.1. The monoisotopic (exact) mass is 792 g/mol. The number of nitrogens with two attached hydrogens (primary N) is 1. The molecule has 3 aliphatic heterocycles. The Kier molecular flexibility index (Phi) is 18.5. The van der Waals surface area contributed by atoms with E-state index in [0.717, 1.165) is 101 Å². The van der Waals surface area contributed by atoms with E-state index in [2.05, 4.69) is 16.0 Å². The molecule has 314 valence electrons. The number of alkyl carbamates (subject to hydrolysis) is 2. The van der Waals surface area contributed by atoms with E-state index in [1.165, 1.54) is 12.8 Å². The summed E-state index contributed by atoms with van der Waals surface area (Å²) in [6, 6.07) is 19.9. The molecule has 5 N–H and O–H groups in total. The van der Waals surface area contributed by atoms with Crippen LogP contribution in [0.1, 0.15) is 101 Å². The molecule has 0 spiro atoms. The van der Waals surface area contributed by atoms with Crippen LogP contribution in [0, 0.1) is 0 Å². The zero-order valence-electron chi connectivity index (χ0n) is 33.5. The molecule has 0 aromatic heterocycles. The summed E-state index contributed by atoms with van der Waals surface area (Å²) in [5.41, 5.74) is 7.77. The quantitative estimate of drug-likeness (QED) is 0.213. The predicted octanol–water partition coefficient (Wildman–Crippen LogP) is 6.61. The molecule has 5 aliphatic rings. The maximum absolute atomic E-state index is 12.1. The van der Waals surface area contributed by atoms with Gasteiger partial charge >= 0.3 is 24.4 Å². The highest BCUT2D eigenvalue weighted by atomic mass is 16.6. The maximum Gasteiger partial charge on any atom is 0.410 e. The number of likely N-dealkylation sites (tertiary alicyclic amines) is 2. The molecular weight excluding hydrogens is 729 g/mol. The predicted molar refractivity (Wildman–Crippen MR) is 216 cm³/mol. The largest absolute Gasteiger partial charge is 0.446 e.